The average molecular weight is 1390 g/mol. The predicted octanol–water partition coefficient (Wildman–Crippen LogP) is 24.1. The van der Waals surface area contributed by atoms with Crippen molar-refractivity contribution in [1.82, 2.24) is 0 Å². The molecule has 18 heteroatoms. The molecule has 0 saturated heterocycles. The zero-order valence-corrected chi connectivity index (χ0v) is 62.7. The fraction of sp³-hybridized carbons (Fsp3) is 0.343. The topological polar surface area (TPSA) is 36.9 Å². The Morgan fingerprint density at radius 2 is 0.647 bits per heavy atom. The zero-order chi connectivity index (χ0) is 59.8. The van der Waals surface area contributed by atoms with Gasteiger partial charge in [-0.15, -0.1) is 125 Å². The molecule has 0 bridgehead atoms. The minimum absolute atomic E-state index is 0.684. The highest BCUT2D eigenvalue weighted by atomic mass is 32.1. The second kappa shape index (κ2) is 31.8. The van der Waals surface area contributed by atoms with E-state index in [4.69, 9.17) is 18.9 Å². The van der Waals surface area contributed by atoms with Crippen molar-refractivity contribution >= 4 is 162 Å². The van der Waals surface area contributed by atoms with Gasteiger partial charge < -0.3 is 18.9 Å². The number of hydrogen-bond donors (Lipinski definition) is 0. The monoisotopic (exact) mass is 1380 g/mol. The molecule has 13 rings (SSSR count). The highest BCUT2D eigenvalue weighted by Gasteiger charge is 2.37. The van der Waals surface area contributed by atoms with Crippen LogP contribution in [-0.2, 0) is 0 Å². The summed E-state index contributed by atoms with van der Waals surface area (Å²) in [5.41, 5.74) is 0. The van der Waals surface area contributed by atoms with Gasteiger partial charge in [-0.2, -0.15) is 0 Å². The van der Waals surface area contributed by atoms with Crippen LogP contribution in [0.25, 0.3) is 58.5 Å². The van der Waals surface area contributed by atoms with Crippen molar-refractivity contribution in [2.75, 3.05) is 26.4 Å². The molecule has 0 saturated carbocycles. The van der Waals surface area contributed by atoms with Crippen molar-refractivity contribution in [1.29, 1.82) is 0 Å². The molecule has 11 aromatic heterocycles. The molecular formula is C67H80O4S11Si3. The lowest BCUT2D eigenvalue weighted by Crippen LogP contribution is -2.45. The molecule has 0 unspecified atom stereocenters. The van der Waals surface area contributed by atoms with Crippen molar-refractivity contribution in [3.63, 3.8) is 0 Å². The maximum atomic E-state index is 5.83. The lowest BCUT2D eigenvalue weighted by molar-refractivity contribution is 0.173. The van der Waals surface area contributed by atoms with Crippen molar-refractivity contribution in [3.05, 3.63) is 146 Å². The summed E-state index contributed by atoms with van der Waals surface area (Å²) in [7, 11) is -3.77. The van der Waals surface area contributed by atoms with Gasteiger partial charge in [0.2, 0.25) is 0 Å². The maximum Gasteiger partial charge on any atom is 0.172 e. The van der Waals surface area contributed by atoms with Gasteiger partial charge in [-0.1, -0.05) is 147 Å². The Kier molecular flexibility index (Phi) is 24.7. The lowest BCUT2D eigenvalue weighted by atomic mass is 10.3. The number of rotatable bonds is 18. The third-order valence-corrected chi connectivity index (χ3v) is 48.9. The third kappa shape index (κ3) is 15.8. The van der Waals surface area contributed by atoms with Crippen LogP contribution < -0.4 is 32.4 Å². The Morgan fingerprint density at radius 1 is 0.318 bits per heavy atom. The Hall–Kier alpha value is -3.45. The van der Waals surface area contributed by atoms with Crippen LogP contribution in [0.3, 0.4) is 0 Å². The van der Waals surface area contributed by atoms with E-state index in [0.717, 1.165) is 23.0 Å². The summed E-state index contributed by atoms with van der Waals surface area (Å²) in [6.45, 7) is 26.3. The number of fused-ring (bicyclic) bond motifs is 2. The van der Waals surface area contributed by atoms with Gasteiger partial charge >= 0.3 is 0 Å². The highest BCUT2D eigenvalue weighted by Crippen LogP contribution is 2.43. The molecular weight excluding hydrogens is 1310 g/mol. The van der Waals surface area contributed by atoms with Gasteiger partial charge in [0.1, 0.15) is 34.5 Å². The Balaban J connectivity index is 0.000000131. The molecule has 11 aromatic rings. The normalized spacial score (nSPS) is 12.7. The van der Waals surface area contributed by atoms with E-state index >= 15 is 0 Å². The van der Waals surface area contributed by atoms with Crippen LogP contribution in [0.4, 0.5) is 0 Å². The second-order valence-corrected chi connectivity index (χ2v) is 48.8. The van der Waals surface area contributed by atoms with Crippen LogP contribution in [0.2, 0.25) is 54.4 Å². The second-order valence-electron chi connectivity index (χ2n) is 20.9. The molecule has 0 spiro atoms. The first-order valence-corrected chi connectivity index (χ1v) is 47.1. The molecule has 0 radical (unpaired) electrons. The van der Waals surface area contributed by atoms with Gasteiger partial charge in [0.25, 0.3) is 0 Å². The van der Waals surface area contributed by atoms with Gasteiger partial charge in [0.05, 0.1) is 16.1 Å². The molecule has 0 atom stereocenters. The van der Waals surface area contributed by atoms with Crippen LogP contribution >= 0.6 is 125 Å². The standard InChI is InChI=1S/C19H24S3Si.C18H22S3Si.C12H20O2SSi.C12H8S3.C6H6O2S/c1-5-23(6-2,7-3)19-13-12-18(22-19)17-11-10-16(21-17)15-9-8-14(4)20-15;1-4-22(5-2,6-3)18-12-11-17(21-18)16-10-9-15(20-16)14-8-7-13-19-14;1-4-16(5-2,6-3)12-11-10(9-15-12)13-7-8-14-11;1-3-9(13-7-1)11-5-6-12(15-11)10-4-2-8-14-10;1-2-8-6-4-9-3-5(6)7-1/h8-13H,5-7H2,1-4H3;7-13H,4-6H2,1-3H3;9H,4-8H2,1-3H3;1-8H;3-4H,1-2H2. The average Bonchev–Trinajstić information content (AvgIpc) is 3.11. The number of hydrogen-bond acceptors (Lipinski definition) is 15. The Labute approximate surface area is 553 Å². The molecule has 450 valence electrons. The first kappa shape index (κ1) is 66.0. The zero-order valence-electron chi connectivity index (χ0n) is 50.7. The van der Waals surface area contributed by atoms with Crippen LogP contribution in [0, 0.1) is 6.92 Å². The molecule has 0 aliphatic carbocycles. The van der Waals surface area contributed by atoms with Crippen LogP contribution in [0.15, 0.2) is 141 Å². The van der Waals surface area contributed by atoms with Gasteiger partial charge in [-0.25, -0.2) is 0 Å². The number of ether oxygens (including phenoxy) is 4. The summed E-state index contributed by atoms with van der Waals surface area (Å²) < 4.78 is 26.9. The first-order chi connectivity index (χ1) is 41.5. The van der Waals surface area contributed by atoms with E-state index in [0.29, 0.717) is 26.4 Å². The molecule has 85 heavy (non-hydrogen) atoms. The van der Waals surface area contributed by atoms with Gasteiger partial charge in [-0.3, -0.25) is 0 Å². The summed E-state index contributed by atoms with van der Waals surface area (Å²) in [6.07, 6.45) is 0. The summed E-state index contributed by atoms with van der Waals surface area (Å²) in [4.78, 5) is 18.2. The van der Waals surface area contributed by atoms with Gasteiger partial charge in [0.15, 0.2) is 23.0 Å². The summed E-state index contributed by atoms with van der Waals surface area (Å²) in [5.74, 6) is 3.85. The van der Waals surface area contributed by atoms with Gasteiger partial charge in [0, 0.05) is 84.0 Å². The van der Waals surface area contributed by atoms with Crippen LogP contribution in [0.5, 0.6) is 23.0 Å². The smallest absolute Gasteiger partial charge is 0.172 e. The van der Waals surface area contributed by atoms with E-state index in [2.05, 4.69) is 223 Å². The molecule has 2 aliphatic heterocycles. The highest BCUT2D eigenvalue weighted by molar-refractivity contribution is 7.33. The van der Waals surface area contributed by atoms with Crippen LogP contribution in [-0.4, -0.2) is 50.6 Å². The quantitative estimate of drug-likeness (QED) is 0.0803. The third-order valence-electron chi connectivity index (χ3n) is 16.9. The van der Waals surface area contributed by atoms with Crippen molar-refractivity contribution in [2.45, 2.75) is 124 Å². The summed E-state index contributed by atoms with van der Waals surface area (Å²) in [5, 5.41) is 12.4. The van der Waals surface area contributed by atoms with E-state index in [1.165, 1.54) is 122 Å². The molecule has 4 nitrogen and oxygen atoms in total. The Bertz CT molecular complexity index is 3570. The molecule has 13 heterocycles. The van der Waals surface area contributed by atoms with Crippen LogP contribution in [0.1, 0.15) is 67.2 Å². The summed E-state index contributed by atoms with van der Waals surface area (Å²) >= 11 is 20.6. The molecule has 0 fully saturated rings. The van der Waals surface area contributed by atoms with Crippen molar-refractivity contribution in [3.8, 4) is 81.5 Å². The van der Waals surface area contributed by atoms with E-state index < -0.39 is 24.2 Å². The SMILES string of the molecule is CC[Si](CC)(CC)c1ccc(-c2ccc(-c3ccc(C)s3)s2)s1.CC[Si](CC)(CC)c1ccc(-c2ccc(-c3cccs3)s2)s1.CC[Si](CC)(CC)c1scc2c1OCCO2.c1csc(-c2ccc(-c3cccs3)s2)c1.c1scc2c1OCCO2. The molecule has 0 N–H and O–H groups in total. The maximum absolute atomic E-state index is 5.83. The van der Waals surface area contributed by atoms with Crippen molar-refractivity contribution in [2.24, 2.45) is 0 Å². The summed E-state index contributed by atoms with van der Waals surface area (Å²) in [6, 6.07) is 52.6. The van der Waals surface area contributed by atoms with Crippen molar-refractivity contribution < 1.29 is 18.9 Å². The molecule has 0 aromatic carbocycles. The first-order valence-electron chi connectivity index (χ1n) is 29.9. The minimum Gasteiger partial charge on any atom is -0.485 e. The minimum atomic E-state index is -1.31. The van der Waals surface area contributed by atoms with Gasteiger partial charge in [-0.05, 0) is 111 Å². The van der Waals surface area contributed by atoms with E-state index in [1.54, 1.807) is 43.0 Å². The van der Waals surface area contributed by atoms with E-state index in [-0.39, 0.29) is 0 Å². The Morgan fingerprint density at radius 3 is 1.00 bits per heavy atom. The lowest BCUT2D eigenvalue weighted by Gasteiger charge is -2.28. The number of thiophene rings is 11. The molecule has 2 aliphatic rings. The molecule has 0 amide bonds. The largest absolute Gasteiger partial charge is 0.485 e. The predicted molar refractivity (Wildman–Crippen MR) is 399 cm³/mol. The fourth-order valence-corrected chi connectivity index (χ4v) is 37.0. The van der Waals surface area contributed by atoms with E-state index in [1.807, 2.05) is 78.8 Å². The van der Waals surface area contributed by atoms with E-state index in [9.17, 15) is 0 Å². The number of aryl methyl sites for hydroxylation is 1. The fourth-order valence-electron chi connectivity index (χ4n) is 10.9.